The lowest BCUT2D eigenvalue weighted by molar-refractivity contribution is -0.136. The number of ether oxygens (including phenoxy) is 3. The average molecular weight is 431 g/mol. The summed E-state index contributed by atoms with van der Waals surface area (Å²) >= 11 is 0. The van der Waals surface area contributed by atoms with E-state index in [0.29, 0.717) is 15.6 Å². The minimum absolute atomic E-state index is 0.0945. The number of hydrogen-bond donors (Lipinski definition) is 0. The molecule has 8 nitrogen and oxygen atoms in total. The smallest absolute Gasteiger partial charge is 0.340 e. The molecule has 1 amide bonds. The molecule has 2 aromatic rings. The van der Waals surface area contributed by atoms with Gasteiger partial charge in [-0.15, -0.1) is 0 Å². The lowest BCUT2D eigenvalue weighted by Crippen LogP contribution is -2.37. The molecule has 1 atom stereocenters. The van der Waals surface area contributed by atoms with Crippen LogP contribution in [0.25, 0.3) is 0 Å². The maximum Gasteiger partial charge on any atom is 0.340 e. The van der Waals surface area contributed by atoms with Gasteiger partial charge in [-0.3, -0.25) is 4.79 Å². The Bertz CT molecular complexity index is 1120. The van der Waals surface area contributed by atoms with Crippen molar-refractivity contribution in [3.63, 3.8) is 0 Å². The summed E-state index contributed by atoms with van der Waals surface area (Å²) in [6, 6.07) is 11.3. The van der Waals surface area contributed by atoms with E-state index in [1.54, 1.807) is 36.4 Å². The number of aryl methyl sites for hydroxylation is 1. The highest BCUT2D eigenvalue weighted by Crippen LogP contribution is 2.45. The molecule has 3 rings (SSSR count). The molecule has 0 radical (unpaired) electrons. The molecule has 158 valence electrons. The topological polar surface area (TPSA) is 99.2 Å². The maximum absolute atomic E-state index is 13.5. The number of sulfonamides is 1. The van der Waals surface area contributed by atoms with Crippen LogP contribution in [0.4, 0.5) is 0 Å². The number of para-hydroxylation sites is 1. The summed E-state index contributed by atoms with van der Waals surface area (Å²) < 4.78 is 42.9. The standard InChI is InChI=1S/C21H21NO7S/c1-13-9-11-14(12-10-13)30(25,26)22-18(15-7-5-6-8-16(15)27-2)17(21(24)29-4)19(28-3)20(22)23/h5-12,18H,1-4H3. The quantitative estimate of drug-likeness (QED) is 0.648. The Morgan fingerprint density at radius 3 is 2.17 bits per heavy atom. The van der Waals surface area contributed by atoms with Crippen molar-refractivity contribution in [1.29, 1.82) is 0 Å². The van der Waals surface area contributed by atoms with Crippen molar-refractivity contribution in [2.24, 2.45) is 0 Å². The van der Waals surface area contributed by atoms with Crippen molar-refractivity contribution in [2.45, 2.75) is 17.9 Å². The zero-order chi connectivity index (χ0) is 22.1. The number of carbonyl (C=O) groups is 2. The van der Waals surface area contributed by atoms with E-state index >= 15 is 0 Å². The van der Waals surface area contributed by atoms with E-state index in [9.17, 15) is 18.0 Å². The van der Waals surface area contributed by atoms with E-state index in [4.69, 9.17) is 14.2 Å². The number of carbonyl (C=O) groups excluding carboxylic acids is 2. The van der Waals surface area contributed by atoms with Gasteiger partial charge in [0.2, 0.25) is 0 Å². The third-order valence-corrected chi connectivity index (χ3v) is 6.53. The van der Waals surface area contributed by atoms with Gasteiger partial charge in [0.15, 0.2) is 5.76 Å². The van der Waals surface area contributed by atoms with Crippen LogP contribution < -0.4 is 4.74 Å². The van der Waals surface area contributed by atoms with Crippen molar-refractivity contribution in [3.05, 3.63) is 71.0 Å². The lowest BCUT2D eigenvalue weighted by atomic mass is 9.99. The van der Waals surface area contributed by atoms with Crippen molar-refractivity contribution in [2.75, 3.05) is 21.3 Å². The molecule has 0 spiro atoms. The van der Waals surface area contributed by atoms with Gasteiger partial charge in [-0.1, -0.05) is 35.9 Å². The average Bonchev–Trinajstić information content (AvgIpc) is 3.05. The molecule has 1 unspecified atom stereocenters. The number of esters is 1. The number of amides is 1. The molecule has 1 aliphatic rings. The fourth-order valence-electron chi connectivity index (χ4n) is 3.33. The minimum Gasteiger partial charge on any atom is -0.496 e. The molecule has 2 aromatic carbocycles. The van der Waals surface area contributed by atoms with Gasteiger partial charge in [0.1, 0.15) is 17.4 Å². The molecular formula is C21H21NO7S. The first-order valence-electron chi connectivity index (χ1n) is 8.92. The fourth-order valence-corrected chi connectivity index (χ4v) is 4.84. The summed E-state index contributed by atoms with van der Waals surface area (Å²) in [4.78, 5) is 25.6. The second-order valence-corrected chi connectivity index (χ2v) is 8.32. The first kappa shape index (κ1) is 21.4. The Morgan fingerprint density at radius 2 is 1.60 bits per heavy atom. The van der Waals surface area contributed by atoms with Gasteiger partial charge in [-0.05, 0) is 25.1 Å². The van der Waals surface area contributed by atoms with Gasteiger partial charge in [0.05, 0.1) is 26.2 Å². The first-order valence-corrected chi connectivity index (χ1v) is 10.4. The van der Waals surface area contributed by atoms with Crippen LogP contribution in [0.3, 0.4) is 0 Å². The summed E-state index contributed by atoms with van der Waals surface area (Å²) in [5.74, 6) is -1.93. The molecule has 1 heterocycles. The maximum atomic E-state index is 13.5. The summed E-state index contributed by atoms with van der Waals surface area (Å²) in [5.41, 5.74) is 0.940. The molecule has 0 aromatic heterocycles. The predicted octanol–water partition coefficient (Wildman–Crippen LogP) is 2.35. The lowest BCUT2D eigenvalue weighted by Gasteiger charge is -2.27. The molecule has 0 saturated carbocycles. The first-order chi connectivity index (χ1) is 14.3. The molecule has 30 heavy (non-hydrogen) atoms. The summed E-state index contributed by atoms with van der Waals surface area (Å²) in [6.45, 7) is 1.81. The van der Waals surface area contributed by atoms with E-state index in [2.05, 4.69) is 0 Å². The third kappa shape index (κ3) is 3.41. The normalized spacial score (nSPS) is 16.6. The summed E-state index contributed by atoms with van der Waals surface area (Å²) in [5, 5.41) is 0. The van der Waals surface area contributed by atoms with Gasteiger partial charge in [0, 0.05) is 5.56 Å². The minimum atomic E-state index is -4.35. The number of nitrogens with zero attached hydrogens (tertiary/aromatic N) is 1. The van der Waals surface area contributed by atoms with E-state index in [1.807, 2.05) is 6.92 Å². The van der Waals surface area contributed by atoms with Crippen LogP contribution in [0.5, 0.6) is 5.75 Å². The second kappa shape index (κ2) is 8.19. The highest BCUT2D eigenvalue weighted by atomic mass is 32.2. The summed E-state index contributed by atoms with van der Waals surface area (Å²) in [7, 11) is -0.602. The Kier molecular flexibility index (Phi) is 5.84. The van der Waals surface area contributed by atoms with E-state index in [-0.39, 0.29) is 10.5 Å². The zero-order valence-corrected chi connectivity index (χ0v) is 17.7. The molecule has 0 bridgehead atoms. The largest absolute Gasteiger partial charge is 0.496 e. The summed E-state index contributed by atoms with van der Waals surface area (Å²) in [6.07, 6.45) is 0. The van der Waals surface area contributed by atoms with Crippen molar-refractivity contribution < 1.29 is 32.2 Å². The highest BCUT2D eigenvalue weighted by Gasteiger charge is 2.51. The molecule has 9 heteroatoms. The molecule has 1 aliphatic heterocycles. The molecular weight excluding hydrogens is 410 g/mol. The number of methoxy groups -OCH3 is 3. The Balaban J connectivity index is 2.29. The molecule has 0 aliphatic carbocycles. The highest BCUT2D eigenvalue weighted by molar-refractivity contribution is 7.89. The SMILES string of the molecule is COC(=O)C1=C(OC)C(=O)N(S(=O)(=O)c2ccc(C)cc2)C1c1ccccc1OC. The van der Waals surface area contributed by atoms with Crippen LogP contribution in [0.2, 0.25) is 0 Å². The van der Waals surface area contributed by atoms with Gasteiger partial charge in [-0.25, -0.2) is 17.5 Å². The Morgan fingerprint density at radius 1 is 0.967 bits per heavy atom. The van der Waals surface area contributed by atoms with Crippen molar-refractivity contribution in [3.8, 4) is 5.75 Å². The van der Waals surface area contributed by atoms with E-state index in [1.165, 1.54) is 26.4 Å². The molecule has 0 saturated heterocycles. The van der Waals surface area contributed by atoms with E-state index < -0.39 is 33.7 Å². The van der Waals surface area contributed by atoms with Gasteiger partial charge in [0.25, 0.3) is 10.0 Å². The van der Waals surface area contributed by atoms with Crippen LogP contribution in [0.15, 0.2) is 64.8 Å². The number of hydrogen-bond acceptors (Lipinski definition) is 7. The van der Waals surface area contributed by atoms with Crippen molar-refractivity contribution >= 4 is 21.9 Å². The number of rotatable bonds is 6. The van der Waals surface area contributed by atoms with Crippen molar-refractivity contribution in [1.82, 2.24) is 4.31 Å². The number of benzene rings is 2. The van der Waals surface area contributed by atoms with Gasteiger partial charge >= 0.3 is 11.9 Å². The zero-order valence-electron chi connectivity index (χ0n) is 16.9. The van der Waals surface area contributed by atoms with Gasteiger partial charge in [-0.2, -0.15) is 0 Å². The molecule has 0 fully saturated rings. The van der Waals surface area contributed by atoms with E-state index in [0.717, 1.165) is 12.7 Å². The van der Waals surface area contributed by atoms with Gasteiger partial charge < -0.3 is 14.2 Å². The van der Waals surface area contributed by atoms with Crippen LogP contribution in [0, 0.1) is 6.92 Å². The monoisotopic (exact) mass is 431 g/mol. The second-order valence-electron chi connectivity index (χ2n) is 6.50. The van der Waals surface area contributed by atoms with Crippen LogP contribution in [-0.4, -0.2) is 45.9 Å². The predicted molar refractivity (Wildman–Crippen MR) is 107 cm³/mol. The van der Waals surface area contributed by atoms with Crippen LogP contribution in [-0.2, 0) is 29.1 Å². The third-order valence-electron chi connectivity index (χ3n) is 4.77. The Labute approximate surface area is 174 Å². The molecule has 0 N–H and O–H groups in total. The van der Waals surface area contributed by atoms with Crippen LogP contribution in [0.1, 0.15) is 17.2 Å². The fraction of sp³-hybridized carbons (Fsp3) is 0.238. The Hall–Kier alpha value is -3.33. The van der Waals surface area contributed by atoms with Crippen LogP contribution >= 0.6 is 0 Å².